The van der Waals surface area contributed by atoms with Crippen molar-refractivity contribution in [1.82, 2.24) is 0 Å². The van der Waals surface area contributed by atoms with E-state index in [1.807, 2.05) is 6.07 Å². The predicted octanol–water partition coefficient (Wildman–Crippen LogP) is 4.37. The standard InChI is InChI=1S/C17H17BrO2/c1-2-13-4-5-15(18)11-14(13)9-12-3-6-16-17(10-12)20-8-7-19-16/h3-6,10-11H,2,7-9H2,1H3. The Bertz CT molecular complexity index is 622. The lowest BCUT2D eigenvalue weighted by molar-refractivity contribution is 0.171. The van der Waals surface area contributed by atoms with Crippen LogP contribution in [0.25, 0.3) is 0 Å². The average Bonchev–Trinajstić information content (AvgIpc) is 2.47. The van der Waals surface area contributed by atoms with Crippen LogP contribution in [-0.2, 0) is 12.8 Å². The highest BCUT2D eigenvalue weighted by atomic mass is 79.9. The van der Waals surface area contributed by atoms with Crippen LogP contribution in [0.3, 0.4) is 0 Å². The summed E-state index contributed by atoms with van der Waals surface area (Å²) in [5.41, 5.74) is 4.00. The molecule has 20 heavy (non-hydrogen) atoms. The van der Waals surface area contributed by atoms with E-state index in [9.17, 15) is 0 Å². The zero-order chi connectivity index (χ0) is 13.9. The van der Waals surface area contributed by atoms with E-state index in [2.05, 4.69) is 53.2 Å². The minimum atomic E-state index is 0.632. The molecule has 0 unspecified atom stereocenters. The molecule has 2 aromatic carbocycles. The molecule has 1 aliphatic rings. The van der Waals surface area contributed by atoms with Crippen molar-refractivity contribution < 1.29 is 9.47 Å². The Labute approximate surface area is 127 Å². The van der Waals surface area contributed by atoms with Gasteiger partial charge in [0.05, 0.1) is 0 Å². The van der Waals surface area contributed by atoms with E-state index in [4.69, 9.17) is 9.47 Å². The van der Waals surface area contributed by atoms with Crippen LogP contribution in [0.1, 0.15) is 23.6 Å². The molecule has 0 spiro atoms. The smallest absolute Gasteiger partial charge is 0.161 e. The van der Waals surface area contributed by atoms with Gasteiger partial charge in [0.2, 0.25) is 0 Å². The first-order chi connectivity index (χ1) is 9.76. The summed E-state index contributed by atoms with van der Waals surface area (Å²) < 4.78 is 12.3. The van der Waals surface area contributed by atoms with Gasteiger partial charge in [-0.15, -0.1) is 0 Å². The quantitative estimate of drug-likeness (QED) is 0.830. The third kappa shape index (κ3) is 2.83. The Morgan fingerprint density at radius 1 is 0.950 bits per heavy atom. The number of halogens is 1. The van der Waals surface area contributed by atoms with Gasteiger partial charge in [0.1, 0.15) is 13.2 Å². The number of hydrogen-bond donors (Lipinski definition) is 0. The maximum atomic E-state index is 5.65. The molecule has 104 valence electrons. The molecule has 1 heterocycles. The summed E-state index contributed by atoms with van der Waals surface area (Å²) in [5.74, 6) is 1.71. The zero-order valence-corrected chi connectivity index (χ0v) is 13.1. The second-order valence-electron chi connectivity index (χ2n) is 4.92. The Hall–Kier alpha value is -1.48. The van der Waals surface area contributed by atoms with Crippen molar-refractivity contribution in [2.75, 3.05) is 13.2 Å². The molecule has 2 nitrogen and oxygen atoms in total. The molecule has 0 aromatic heterocycles. The van der Waals surface area contributed by atoms with Gasteiger partial charge < -0.3 is 9.47 Å². The largest absolute Gasteiger partial charge is 0.486 e. The van der Waals surface area contributed by atoms with Crippen molar-refractivity contribution in [3.8, 4) is 11.5 Å². The minimum Gasteiger partial charge on any atom is -0.486 e. The Kier molecular flexibility index (Phi) is 3.97. The zero-order valence-electron chi connectivity index (χ0n) is 11.5. The molecule has 0 fully saturated rings. The highest BCUT2D eigenvalue weighted by molar-refractivity contribution is 9.10. The van der Waals surface area contributed by atoms with Crippen LogP contribution in [0.5, 0.6) is 11.5 Å². The van der Waals surface area contributed by atoms with Gasteiger partial charge in [0.15, 0.2) is 11.5 Å². The maximum absolute atomic E-state index is 5.65. The summed E-state index contributed by atoms with van der Waals surface area (Å²) in [7, 11) is 0. The van der Waals surface area contributed by atoms with Gasteiger partial charge in [0, 0.05) is 4.47 Å². The summed E-state index contributed by atoms with van der Waals surface area (Å²) in [5, 5.41) is 0. The summed E-state index contributed by atoms with van der Waals surface area (Å²) >= 11 is 3.55. The molecule has 0 aliphatic carbocycles. The monoisotopic (exact) mass is 332 g/mol. The first kappa shape index (κ1) is 13.5. The molecule has 0 N–H and O–H groups in total. The number of ether oxygens (including phenoxy) is 2. The topological polar surface area (TPSA) is 18.5 Å². The minimum absolute atomic E-state index is 0.632. The van der Waals surface area contributed by atoms with E-state index in [-0.39, 0.29) is 0 Å². The summed E-state index contributed by atoms with van der Waals surface area (Å²) in [6.45, 7) is 3.46. The fourth-order valence-corrected chi connectivity index (χ4v) is 2.93. The van der Waals surface area contributed by atoms with Crippen LogP contribution in [-0.4, -0.2) is 13.2 Å². The van der Waals surface area contributed by atoms with Crippen molar-refractivity contribution in [3.63, 3.8) is 0 Å². The Morgan fingerprint density at radius 3 is 2.55 bits per heavy atom. The lowest BCUT2D eigenvalue weighted by atomic mass is 9.98. The van der Waals surface area contributed by atoms with Crippen LogP contribution < -0.4 is 9.47 Å². The highest BCUT2D eigenvalue weighted by Gasteiger charge is 2.12. The number of fused-ring (bicyclic) bond motifs is 1. The highest BCUT2D eigenvalue weighted by Crippen LogP contribution is 2.32. The summed E-state index contributed by atoms with van der Waals surface area (Å²) in [4.78, 5) is 0. The normalized spacial score (nSPS) is 13.3. The molecular formula is C17H17BrO2. The molecule has 0 amide bonds. The second-order valence-corrected chi connectivity index (χ2v) is 5.84. The molecule has 2 aromatic rings. The molecule has 3 heteroatoms. The molecular weight excluding hydrogens is 316 g/mol. The number of rotatable bonds is 3. The van der Waals surface area contributed by atoms with E-state index in [1.54, 1.807) is 0 Å². The van der Waals surface area contributed by atoms with E-state index in [1.165, 1.54) is 16.7 Å². The van der Waals surface area contributed by atoms with Gasteiger partial charge in [-0.3, -0.25) is 0 Å². The summed E-state index contributed by atoms with van der Waals surface area (Å²) in [6, 6.07) is 12.7. The SMILES string of the molecule is CCc1ccc(Br)cc1Cc1ccc2c(c1)OCCO2. The van der Waals surface area contributed by atoms with Crippen molar-refractivity contribution in [2.45, 2.75) is 19.8 Å². The van der Waals surface area contributed by atoms with Crippen LogP contribution in [0.4, 0.5) is 0 Å². The summed E-state index contributed by atoms with van der Waals surface area (Å²) in [6.07, 6.45) is 1.96. The van der Waals surface area contributed by atoms with Crippen molar-refractivity contribution >= 4 is 15.9 Å². The molecule has 1 aliphatic heterocycles. The van der Waals surface area contributed by atoms with Crippen molar-refractivity contribution in [1.29, 1.82) is 0 Å². The van der Waals surface area contributed by atoms with E-state index >= 15 is 0 Å². The molecule has 0 saturated heterocycles. The second kappa shape index (κ2) is 5.88. The fourth-order valence-electron chi connectivity index (χ4n) is 2.52. The Balaban J connectivity index is 1.89. The van der Waals surface area contributed by atoms with Gasteiger partial charge in [-0.1, -0.05) is 35.0 Å². The molecule has 3 rings (SSSR count). The van der Waals surface area contributed by atoms with Crippen molar-refractivity contribution in [2.24, 2.45) is 0 Å². The average molecular weight is 333 g/mol. The van der Waals surface area contributed by atoms with E-state index < -0.39 is 0 Å². The Morgan fingerprint density at radius 2 is 1.75 bits per heavy atom. The maximum Gasteiger partial charge on any atom is 0.161 e. The molecule has 0 atom stereocenters. The van der Waals surface area contributed by atoms with Crippen LogP contribution in [0, 0.1) is 0 Å². The van der Waals surface area contributed by atoms with E-state index in [0.717, 1.165) is 28.8 Å². The fraction of sp³-hybridized carbons (Fsp3) is 0.294. The first-order valence-electron chi connectivity index (χ1n) is 6.92. The third-order valence-corrected chi connectivity index (χ3v) is 4.04. The number of hydrogen-bond acceptors (Lipinski definition) is 2. The van der Waals surface area contributed by atoms with Gasteiger partial charge in [-0.25, -0.2) is 0 Å². The van der Waals surface area contributed by atoms with Crippen LogP contribution in [0.15, 0.2) is 40.9 Å². The molecule has 0 saturated carbocycles. The lowest BCUT2D eigenvalue weighted by Gasteiger charge is -2.19. The van der Waals surface area contributed by atoms with Gasteiger partial charge in [-0.05, 0) is 53.8 Å². The molecule has 0 bridgehead atoms. The van der Waals surface area contributed by atoms with Gasteiger partial charge in [0.25, 0.3) is 0 Å². The first-order valence-corrected chi connectivity index (χ1v) is 7.71. The van der Waals surface area contributed by atoms with Gasteiger partial charge >= 0.3 is 0 Å². The predicted molar refractivity (Wildman–Crippen MR) is 83.8 cm³/mol. The van der Waals surface area contributed by atoms with Crippen LogP contribution in [0.2, 0.25) is 0 Å². The lowest BCUT2D eigenvalue weighted by Crippen LogP contribution is -2.15. The van der Waals surface area contributed by atoms with Gasteiger partial charge in [-0.2, -0.15) is 0 Å². The number of aryl methyl sites for hydroxylation is 1. The number of benzene rings is 2. The third-order valence-electron chi connectivity index (χ3n) is 3.55. The van der Waals surface area contributed by atoms with Crippen LogP contribution >= 0.6 is 15.9 Å². The molecule has 0 radical (unpaired) electrons. The van der Waals surface area contributed by atoms with E-state index in [0.29, 0.717) is 13.2 Å². The van der Waals surface area contributed by atoms with Crippen molar-refractivity contribution in [3.05, 3.63) is 57.6 Å².